The molecule has 0 aromatic carbocycles. The second kappa shape index (κ2) is 4.85. The van der Waals surface area contributed by atoms with Gasteiger partial charge in [0.25, 0.3) is 0 Å². The van der Waals surface area contributed by atoms with Crippen molar-refractivity contribution in [1.82, 2.24) is 15.5 Å². The lowest BCUT2D eigenvalue weighted by Crippen LogP contribution is -2.39. The first kappa shape index (κ1) is 12.5. The number of piperidine rings is 1. The van der Waals surface area contributed by atoms with Crippen LogP contribution < -0.4 is 5.32 Å². The maximum Gasteiger partial charge on any atom is 0.244 e. The van der Waals surface area contributed by atoms with E-state index in [4.69, 9.17) is 4.52 Å². The van der Waals surface area contributed by atoms with Gasteiger partial charge in [-0.05, 0) is 43.4 Å². The zero-order valence-electron chi connectivity index (χ0n) is 11.1. The first-order chi connectivity index (χ1) is 8.67. The summed E-state index contributed by atoms with van der Waals surface area (Å²) in [7, 11) is 0. The number of thioether (sulfide) groups is 1. The Morgan fingerprint density at radius 2 is 2.28 bits per heavy atom. The van der Waals surface area contributed by atoms with E-state index in [1.807, 2.05) is 11.8 Å². The van der Waals surface area contributed by atoms with Gasteiger partial charge < -0.3 is 9.84 Å². The summed E-state index contributed by atoms with van der Waals surface area (Å²) >= 11 is 1.95. The Kier molecular flexibility index (Phi) is 3.36. The summed E-state index contributed by atoms with van der Waals surface area (Å²) in [5.74, 6) is 2.90. The van der Waals surface area contributed by atoms with Crippen molar-refractivity contribution in [2.45, 2.75) is 50.8 Å². The predicted molar refractivity (Wildman–Crippen MR) is 72.5 cm³/mol. The molecule has 1 aromatic rings. The lowest BCUT2D eigenvalue weighted by molar-refractivity contribution is 0.146. The number of rotatable bonds is 2. The molecule has 0 spiro atoms. The second-order valence-corrected chi connectivity index (χ2v) is 7.28. The van der Waals surface area contributed by atoms with Crippen LogP contribution in [0.1, 0.15) is 62.5 Å². The van der Waals surface area contributed by atoms with Crippen LogP contribution in [0.15, 0.2) is 4.52 Å². The number of hydrogen-bond acceptors (Lipinski definition) is 5. The van der Waals surface area contributed by atoms with Gasteiger partial charge in [-0.2, -0.15) is 16.7 Å². The van der Waals surface area contributed by atoms with Gasteiger partial charge in [-0.3, -0.25) is 0 Å². The minimum absolute atomic E-state index is 0.199. The molecule has 2 unspecified atom stereocenters. The molecule has 5 heteroatoms. The van der Waals surface area contributed by atoms with Gasteiger partial charge in [0, 0.05) is 0 Å². The average molecular weight is 267 g/mol. The fraction of sp³-hybridized carbons (Fsp3) is 0.846. The Morgan fingerprint density at radius 1 is 1.39 bits per heavy atom. The normalized spacial score (nSPS) is 31.7. The molecule has 4 nitrogen and oxygen atoms in total. The molecule has 2 fully saturated rings. The maximum absolute atomic E-state index is 5.52. The predicted octanol–water partition coefficient (Wildman–Crippen LogP) is 3.09. The van der Waals surface area contributed by atoms with Gasteiger partial charge in [0.1, 0.15) is 0 Å². The Bertz CT molecular complexity index is 412. The Morgan fingerprint density at radius 3 is 3.00 bits per heavy atom. The summed E-state index contributed by atoms with van der Waals surface area (Å²) in [5, 5.41) is 8.17. The van der Waals surface area contributed by atoms with Crippen LogP contribution >= 0.6 is 11.8 Å². The third-order valence-electron chi connectivity index (χ3n) is 4.05. The summed E-state index contributed by atoms with van der Waals surface area (Å²) in [4.78, 5) is 4.65. The van der Waals surface area contributed by atoms with E-state index in [1.165, 1.54) is 31.4 Å². The van der Waals surface area contributed by atoms with Crippen LogP contribution in [0.4, 0.5) is 0 Å². The SMILES string of the molecule is CC1(C)CCCNC1c1nc(C2CCCS2)no1. The van der Waals surface area contributed by atoms with Gasteiger partial charge in [-0.25, -0.2) is 0 Å². The van der Waals surface area contributed by atoms with Gasteiger partial charge in [-0.1, -0.05) is 19.0 Å². The molecule has 18 heavy (non-hydrogen) atoms. The first-order valence-electron chi connectivity index (χ1n) is 6.85. The number of nitrogens with one attached hydrogen (secondary N) is 1. The molecule has 0 radical (unpaired) electrons. The molecule has 0 saturated carbocycles. The summed E-state index contributed by atoms with van der Waals surface area (Å²) in [6, 6.07) is 0.207. The summed E-state index contributed by atoms with van der Waals surface area (Å²) < 4.78 is 5.52. The monoisotopic (exact) mass is 267 g/mol. The van der Waals surface area contributed by atoms with E-state index in [9.17, 15) is 0 Å². The minimum atomic E-state index is 0.199. The molecule has 3 heterocycles. The first-order valence-corrected chi connectivity index (χ1v) is 7.90. The average Bonchev–Trinajstić information content (AvgIpc) is 2.99. The lowest BCUT2D eigenvalue weighted by atomic mass is 9.77. The third-order valence-corrected chi connectivity index (χ3v) is 5.42. The van der Waals surface area contributed by atoms with Crippen molar-refractivity contribution < 1.29 is 4.52 Å². The third kappa shape index (κ3) is 2.30. The molecular formula is C13H21N3OS. The highest BCUT2D eigenvalue weighted by molar-refractivity contribution is 7.99. The minimum Gasteiger partial charge on any atom is -0.338 e. The molecule has 0 aliphatic carbocycles. The van der Waals surface area contributed by atoms with Gasteiger partial charge in [0.15, 0.2) is 5.82 Å². The van der Waals surface area contributed by atoms with Crippen LogP contribution in [0.3, 0.4) is 0 Å². The van der Waals surface area contributed by atoms with E-state index >= 15 is 0 Å². The molecule has 2 aliphatic heterocycles. The van der Waals surface area contributed by atoms with E-state index in [2.05, 4.69) is 29.3 Å². The van der Waals surface area contributed by atoms with Crippen LogP contribution in [0.5, 0.6) is 0 Å². The van der Waals surface area contributed by atoms with Crippen molar-refractivity contribution in [2.75, 3.05) is 12.3 Å². The Labute approximate surface area is 112 Å². The van der Waals surface area contributed by atoms with Crippen molar-refractivity contribution >= 4 is 11.8 Å². The van der Waals surface area contributed by atoms with Crippen LogP contribution in [-0.2, 0) is 0 Å². The molecule has 100 valence electrons. The molecular weight excluding hydrogens is 246 g/mol. The van der Waals surface area contributed by atoms with Crippen molar-refractivity contribution in [3.63, 3.8) is 0 Å². The Hall–Kier alpha value is -0.550. The molecule has 2 saturated heterocycles. The number of nitrogens with zero attached hydrogens (tertiary/aromatic N) is 2. The van der Waals surface area contributed by atoms with Crippen LogP contribution in [0.25, 0.3) is 0 Å². The summed E-state index contributed by atoms with van der Waals surface area (Å²) in [5.41, 5.74) is 0.199. The summed E-state index contributed by atoms with van der Waals surface area (Å²) in [6.45, 7) is 5.60. The largest absolute Gasteiger partial charge is 0.338 e. The molecule has 2 aliphatic rings. The van der Waals surface area contributed by atoms with Crippen molar-refractivity contribution in [2.24, 2.45) is 5.41 Å². The highest BCUT2D eigenvalue weighted by atomic mass is 32.2. The van der Waals surface area contributed by atoms with E-state index in [1.54, 1.807) is 0 Å². The zero-order chi connectivity index (χ0) is 12.6. The van der Waals surface area contributed by atoms with Crippen molar-refractivity contribution in [3.05, 3.63) is 11.7 Å². The fourth-order valence-corrected chi connectivity index (χ4v) is 4.11. The topological polar surface area (TPSA) is 51.0 Å². The van der Waals surface area contributed by atoms with Crippen LogP contribution in [0.2, 0.25) is 0 Å². The quantitative estimate of drug-likeness (QED) is 0.892. The highest BCUT2D eigenvalue weighted by Crippen LogP contribution is 2.42. The van der Waals surface area contributed by atoms with Crippen molar-refractivity contribution in [1.29, 1.82) is 0 Å². The smallest absolute Gasteiger partial charge is 0.244 e. The molecule has 1 N–H and O–H groups in total. The van der Waals surface area contributed by atoms with Gasteiger partial charge >= 0.3 is 0 Å². The van der Waals surface area contributed by atoms with Crippen molar-refractivity contribution in [3.8, 4) is 0 Å². The zero-order valence-corrected chi connectivity index (χ0v) is 11.9. The van der Waals surface area contributed by atoms with Gasteiger partial charge in [-0.15, -0.1) is 0 Å². The van der Waals surface area contributed by atoms with E-state index in [0.717, 1.165) is 18.3 Å². The van der Waals surface area contributed by atoms with Crippen LogP contribution in [0, 0.1) is 5.41 Å². The molecule has 0 bridgehead atoms. The lowest BCUT2D eigenvalue weighted by Gasteiger charge is -2.36. The van der Waals surface area contributed by atoms with E-state index in [-0.39, 0.29) is 11.5 Å². The molecule has 1 aromatic heterocycles. The fourth-order valence-electron chi connectivity index (χ4n) is 2.91. The standard InChI is InChI=1S/C13H21N3OS/c1-13(2)6-4-7-14-10(13)12-15-11(16-17-12)9-5-3-8-18-9/h9-10,14H,3-8H2,1-2H3. The Balaban J connectivity index is 1.79. The second-order valence-electron chi connectivity index (χ2n) is 5.97. The van der Waals surface area contributed by atoms with E-state index < -0.39 is 0 Å². The summed E-state index contributed by atoms with van der Waals surface area (Å²) in [6.07, 6.45) is 4.89. The van der Waals surface area contributed by atoms with E-state index in [0.29, 0.717) is 5.25 Å². The highest BCUT2D eigenvalue weighted by Gasteiger charge is 2.37. The molecule has 2 atom stereocenters. The maximum atomic E-state index is 5.52. The van der Waals surface area contributed by atoms with Gasteiger partial charge in [0.05, 0.1) is 11.3 Å². The van der Waals surface area contributed by atoms with Gasteiger partial charge in [0.2, 0.25) is 5.89 Å². The molecule has 0 amide bonds. The number of aromatic nitrogens is 2. The van der Waals surface area contributed by atoms with Crippen LogP contribution in [-0.4, -0.2) is 22.4 Å². The molecule has 3 rings (SSSR count). The number of hydrogen-bond donors (Lipinski definition) is 1.